The number of aromatic hydroxyl groups is 1. The molecule has 7 nitrogen and oxygen atoms in total. The van der Waals surface area contributed by atoms with Crippen molar-refractivity contribution in [2.24, 2.45) is 10.7 Å². The van der Waals surface area contributed by atoms with Crippen LogP contribution < -0.4 is 15.8 Å². The van der Waals surface area contributed by atoms with Crippen molar-refractivity contribution in [3.63, 3.8) is 0 Å². The number of methoxy groups -OCH3 is 1. The summed E-state index contributed by atoms with van der Waals surface area (Å²) < 4.78 is 10.5. The number of carbonyl (C=O) groups is 1. The summed E-state index contributed by atoms with van der Waals surface area (Å²) in [5, 5.41) is 12.4. The molecular formula is C15H21N3O4. The van der Waals surface area contributed by atoms with E-state index in [1.807, 2.05) is 6.92 Å². The van der Waals surface area contributed by atoms with Gasteiger partial charge in [-0.1, -0.05) is 0 Å². The van der Waals surface area contributed by atoms with Gasteiger partial charge in [0.25, 0.3) is 5.91 Å². The van der Waals surface area contributed by atoms with Crippen LogP contribution in [-0.2, 0) is 4.74 Å². The molecule has 0 aliphatic carbocycles. The van der Waals surface area contributed by atoms with E-state index in [4.69, 9.17) is 15.2 Å². The van der Waals surface area contributed by atoms with E-state index < -0.39 is 5.91 Å². The molecule has 1 aromatic carbocycles. The molecule has 1 aromatic rings. The van der Waals surface area contributed by atoms with E-state index in [-0.39, 0.29) is 23.3 Å². The molecule has 1 rings (SSSR count). The average Bonchev–Trinajstić information content (AvgIpc) is 2.44. The van der Waals surface area contributed by atoms with Crippen molar-refractivity contribution in [1.82, 2.24) is 5.32 Å². The van der Waals surface area contributed by atoms with Crippen LogP contribution in [0.1, 0.15) is 17.3 Å². The van der Waals surface area contributed by atoms with Crippen LogP contribution in [0.5, 0.6) is 11.5 Å². The summed E-state index contributed by atoms with van der Waals surface area (Å²) in [6, 6.07) is 4.21. The van der Waals surface area contributed by atoms with Gasteiger partial charge in [-0.2, -0.15) is 4.99 Å². The van der Waals surface area contributed by atoms with Crippen molar-refractivity contribution in [3.05, 3.63) is 36.0 Å². The SMILES string of the molecule is CN/C=C\C(N)=NC(=O)c1cc(O)cc(OC(C)COC)c1. The van der Waals surface area contributed by atoms with Gasteiger partial charge in [0.2, 0.25) is 0 Å². The first-order valence-electron chi connectivity index (χ1n) is 6.68. The van der Waals surface area contributed by atoms with Gasteiger partial charge in [0, 0.05) is 25.8 Å². The number of phenolic OH excluding ortho intramolecular Hbond substituents is 1. The Morgan fingerprint density at radius 2 is 2.23 bits per heavy atom. The Morgan fingerprint density at radius 3 is 2.86 bits per heavy atom. The standard InChI is InChI=1S/C15H21N3O4/c1-10(9-21-3)22-13-7-11(6-12(19)8-13)15(20)18-14(16)4-5-17-2/h4-8,10,17,19H,9H2,1-3H3,(H2,16,18,20)/b5-4-. The maximum Gasteiger partial charge on any atom is 0.279 e. The second-order valence-corrected chi connectivity index (χ2v) is 4.56. The van der Waals surface area contributed by atoms with Gasteiger partial charge in [0.1, 0.15) is 23.4 Å². The van der Waals surface area contributed by atoms with Crippen LogP contribution in [0.3, 0.4) is 0 Å². The minimum atomic E-state index is -0.571. The lowest BCUT2D eigenvalue weighted by molar-refractivity contribution is 0.0914. The van der Waals surface area contributed by atoms with Crippen molar-refractivity contribution >= 4 is 11.7 Å². The number of amides is 1. The Bertz CT molecular complexity index is 570. The van der Waals surface area contributed by atoms with Crippen LogP contribution in [0.2, 0.25) is 0 Å². The molecule has 0 saturated carbocycles. The Balaban J connectivity index is 2.93. The lowest BCUT2D eigenvalue weighted by Gasteiger charge is -2.14. The molecule has 0 heterocycles. The highest BCUT2D eigenvalue weighted by atomic mass is 16.5. The summed E-state index contributed by atoms with van der Waals surface area (Å²) in [5.41, 5.74) is 5.77. The monoisotopic (exact) mass is 307 g/mol. The fourth-order valence-corrected chi connectivity index (χ4v) is 1.66. The largest absolute Gasteiger partial charge is 0.508 e. The van der Waals surface area contributed by atoms with E-state index in [9.17, 15) is 9.90 Å². The molecule has 0 saturated heterocycles. The van der Waals surface area contributed by atoms with Crippen LogP contribution in [0.15, 0.2) is 35.5 Å². The van der Waals surface area contributed by atoms with E-state index in [1.54, 1.807) is 20.4 Å². The van der Waals surface area contributed by atoms with E-state index >= 15 is 0 Å². The summed E-state index contributed by atoms with van der Waals surface area (Å²) >= 11 is 0. The molecule has 0 aliphatic heterocycles. The van der Waals surface area contributed by atoms with Crippen LogP contribution in [0.4, 0.5) is 0 Å². The maximum atomic E-state index is 12.0. The highest BCUT2D eigenvalue weighted by Gasteiger charge is 2.11. The maximum absolute atomic E-state index is 12.0. The number of aliphatic imine (C=N–C) groups is 1. The summed E-state index contributed by atoms with van der Waals surface area (Å²) in [5.74, 6) is -0.256. The summed E-state index contributed by atoms with van der Waals surface area (Å²) in [6.07, 6.45) is 2.79. The lowest BCUT2D eigenvalue weighted by Crippen LogP contribution is -2.18. The fraction of sp³-hybridized carbons (Fsp3) is 0.333. The van der Waals surface area contributed by atoms with Gasteiger partial charge in [0.15, 0.2) is 0 Å². The fourth-order valence-electron chi connectivity index (χ4n) is 1.66. The van der Waals surface area contributed by atoms with Gasteiger partial charge in [-0.05, 0) is 31.3 Å². The van der Waals surface area contributed by atoms with E-state index in [0.717, 1.165) is 0 Å². The van der Waals surface area contributed by atoms with Gasteiger partial charge in [-0.25, -0.2) is 0 Å². The molecule has 0 fully saturated rings. The Hall–Kier alpha value is -2.54. The third kappa shape index (κ3) is 5.84. The third-order valence-electron chi connectivity index (χ3n) is 2.53. The Labute approximate surface area is 129 Å². The van der Waals surface area contributed by atoms with Crippen molar-refractivity contribution in [2.45, 2.75) is 13.0 Å². The lowest BCUT2D eigenvalue weighted by atomic mass is 10.2. The number of nitrogens with zero attached hydrogens (tertiary/aromatic N) is 1. The predicted molar refractivity (Wildman–Crippen MR) is 84.2 cm³/mol. The van der Waals surface area contributed by atoms with E-state index in [1.165, 1.54) is 24.3 Å². The third-order valence-corrected chi connectivity index (χ3v) is 2.53. The van der Waals surface area contributed by atoms with Gasteiger partial charge in [0.05, 0.1) is 6.61 Å². The number of carbonyl (C=O) groups excluding carboxylic acids is 1. The summed E-state index contributed by atoms with van der Waals surface area (Å²) in [7, 11) is 3.26. The molecule has 22 heavy (non-hydrogen) atoms. The number of hydrogen-bond donors (Lipinski definition) is 3. The van der Waals surface area contributed by atoms with Crippen molar-refractivity contribution in [1.29, 1.82) is 0 Å². The minimum Gasteiger partial charge on any atom is -0.508 e. The molecule has 0 bridgehead atoms. The van der Waals surface area contributed by atoms with Gasteiger partial charge < -0.3 is 25.6 Å². The van der Waals surface area contributed by atoms with Crippen LogP contribution in [0, 0.1) is 0 Å². The number of benzene rings is 1. The van der Waals surface area contributed by atoms with Crippen LogP contribution in [0.25, 0.3) is 0 Å². The zero-order valence-corrected chi connectivity index (χ0v) is 12.9. The van der Waals surface area contributed by atoms with Crippen molar-refractivity contribution in [3.8, 4) is 11.5 Å². The molecule has 0 radical (unpaired) electrons. The number of hydrogen-bond acceptors (Lipinski definition) is 5. The summed E-state index contributed by atoms with van der Waals surface area (Å²) in [4.78, 5) is 15.7. The molecule has 1 atom stereocenters. The number of phenols is 1. The second kappa shape index (κ2) is 8.68. The first kappa shape index (κ1) is 17.5. The number of ether oxygens (including phenoxy) is 2. The van der Waals surface area contributed by atoms with Crippen molar-refractivity contribution in [2.75, 3.05) is 20.8 Å². The van der Waals surface area contributed by atoms with E-state index in [2.05, 4.69) is 10.3 Å². The van der Waals surface area contributed by atoms with Gasteiger partial charge in [-0.15, -0.1) is 0 Å². The molecule has 0 spiro atoms. The highest BCUT2D eigenvalue weighted by molar-refractivity contribution is 6.06. The molecule has 0 aliphatic rings. The Morgan fingerprint density at radius 1 is 1.50 bits per heavy atom. The van der Waals surface area contributed by atoms with Crippen LogP contribution >= 0.6 is 0 Å². The molecular weight excluding hydrogens is 286 g/mol. The normalized spacial score (nSPS) is 13.1. The molecule has 1 unspecified atom stereocenters. The average molecular weight is 307 g/mol. The molecule has 0 aromatic heterocycles. The number of amidine groups is 1. The summed E-state index contributed by atoms with van der Waals surface area (Å²) in [6.45, 7) is 2.20. The first-order valence-corrected chi connectivity index (χ1v) is 6.68. The predicted octanol–water partition coefficient (Wildman–Crippen LogP) is 1.04. The molecule has 120 valence electrons. The molecule has 1 amide bonds. The van der Waals surface area contributed by atoms with Gasteiger partial charge >= 0.3 is 0 Å². The zero-order valence-electron chi connectivity index (χ0n) is 12.9. The second-order valence-electron chi connectivity index (χ2n) is 4.56. The highest BCUT2D eigenvalue weighted by Crippen LogP contribution is 2.23. The number of nitrogens with two attached hydrogens (primary N) is 1. The Kier molecular flexibility index (Phi) is 6.91. The topological polar surface area (TPSA) is 106 Å². The van der Waals surface area contributed by atoms with E-state index in [0.29, 0.717) is 12.4 Å². The number of rotatable bonds is 7. The zero-order chi connectivity index (χ0) is 16.5. The smallest absolute Gasteiger partial charge is 0.279 e. The molecule has 4 N–H and O–H groups in total. The minimum absolute atomic E-state index is 0.0536. The first-order chi connectivity index (χ1) is 10.5. The van der Waals surface area contributed by atoms with Crippen molar-refractivity contribution < 1.29 is 19.4 Å². The quantitative estimate of drug-likeness (QED) is 0.513. The van der Waals surface area contributed by atoms with Crippen LogP contribution in [-0.4, -0.2) is 43.7 Å². The number of nitrogens with one attached hydrogen (secondary N) is 1. The molecule has 7 heteroatoms. The van der Waals surface area contributed by atoms with Gasteiger partial charge in [-0.3, -0.25) is 4.79 Å².